The molecule has 0 nitrogen and oxygen atoms in total. The van der Waals surface area contributed by atoms with Crippen LogP contribution >= 0.6 is 319 Å². The molecule has 0 bridgehead atoms. The van der Waals surface area contributed by atoms with Crippen LogP contribution < -0.4 is 0 Å². The summed E-state index contributed by atoms with van der Waals surface area (Å²) in [5, 5.41) is 0. The summed E-state index contributed by atoms with van der Waals surface area (Å²) in [6, 6.07) is 0. The molecule has 0 aliphatic carbocycles. The predicted octanol–water partition coefficient (Wildman–Crippen LogP) is 35.6. The maximum absolute atomic E-state index is 4.22. The first-order valence-electron chi connectivity index (χ1n) is 8.26. The van der Waals surface area contributed by atoms with Crippen molar-refractivity contribution in [2.75, 3.05) is 0 Å². The van der Waals surface area contributed by atoms with E-state index in [9.17, 15) is 0 Å². The van der Waals surface area contributed by atoms with Crippen molar-refractivity contribution in [3.05, 3.63) is 0 Å². The molecule has 0 fully saturated rings. The van der Waals surface area contributed by atoms with Crippen LogP contribution in [-0.2, 0) is 0 Å². The number of rotatable bonds is 19. The number of hydrogen-bond donors (Lipinski definition) is 0. The second kappa shape index (κ2) is 54.0. The molecule has 0 saturated heterocycles. The second-order valence-electron chi connectivity index (χ2n) is 3.60. The molecule has 0 amide bonds. The summed E-state index contributed by atoms with van der Waals surface area (Å²) >= 11 is 0. The van der Waals surface area contributed by atoms with Crippen molar-refractivity contribution in [3.63, 3.8) is 0 Å². The number of hydrogen-bond acceptors (Lipinski definition) is 0. The minimum atomic E-state index is 1.21. The second-order valence-corrected chi connectivity index (χ2v) is 97.3. The van der Waals surface area contributed by atoms with E-state index < -0.39 is 0 Å². The van der Waals surface area contributed by atoms with Crippen LogP contribution in [0.2, 0.25) is 0 Å². The molecule has 0 aliphatic heterocycles. The molecule has 0 rings (SSSR count). The molecule has 212 valence electrons. The van der Waals surface area contributed by atoms with Gasteiger partial charge in [-0.15, -0.1) is 0 Å². The van der Waals surface area contributed by atoms with E-state index in [0.29, 0.717) is 0 Å². The van der Waals surface area contributed by atoms with Gasteiger partial charge in [0, 0.05) is 136 Å². The van der Waals surface area contributed by atoms with Gasteiger partial charge in [0.25, 0.3) is 0 Å². The van der Waals surface area contributed by atoms with Crippen LogP contribution in [0, 0.1) is 0 Å². The maximum atomic E-state index is 4.22. The van der Waals surface area contributed by atoms with E-state index >= 15 is 0 Å². The van der Waals surface area contributed by atoms with Crippen molar-refractivity contribution < 1.29 is 0 Å². The Labute approximate surface area is 314 Å². The summed E-state index contributed by atoms with van der Waals surface area (Å²) in [6.07, 6.45) is 0. The van der Waals surface area contributed by atoms with Gasteiger partial charge in [-0.05, 0) is 68.0 Å². The molecule has 0 aromatic heterocycles. The fourth-order valence-electron chi connectivity index (χ4n) is 0.685. The molecule has 0 radical (unpaired) electrons. The van der Waals surface area contributed by atoms with Crippen molar-refractivity contribution in [2.24, 2.45) is 0 Å². The quantitative estimate of drug-likeness (QED) is 0.113. The van der Waals surface area contributed by atoms with Crippen LogP contribution in [-0.4, -0.2) is 0 Å². The van der Waals surface area contributed by atoms with Gasteiger partial charge in [-0.25, -0.2) is 0 Å². The molecule has 1 atom stereocenters. The molecule has 1 unspecified atom stereocenters. The monoisotopic (exact) mass is 1300 g/mol. The molecule has 0 aliphatic rings. The van der Waals surface area contributed by atoms with Crippen LogP contribution in [0.15, 0.2) is 0 Å². The smallest absolute Gasteiger partial charge is 0.0774 e. The van der Waals surface area contributed by atoms with E-state index in [1.807, 2.05) is 0 Å². The van der Waals surface area contributed by atoms with Gasteiger partial charge in [-0.2, -0.15) is 0 Å². The van der Waals surface area contributed by atoms with E-state index in [4.69, 9.17) is 0 Å². The topological polar surface area (TPSA) is 0 Å². The van der Waals surface area contributed by atoms with Gasteiger partial charge in [0.15, 0.2) is 0 Å². The van der Waals surface area contributed by atoms with Gasteiger partial charge < -0.3 is 0 Å². The van der Waals surface area contributed by atoms with Crippen LogP contribution in [0.4, 0.5) is 0 Å². The molecule has 0 aromatic rings. The summed E-state index contributed by atoms with van der Waals surface area (Å²) in [7, 11) is 68.8. The van der Waals surface area contributed by atoms with Gasteiger partial charge in [-0.3, -0.25) is 0 Å². The molecule has 0 saturated carbocycles. The van der Waals surface area contributed by atoms with E-state index in [-0.39, 0.29) is 0 Å². The van der Waals surface area contributed by atoms with E-state index in [0.717, 1.165) is 0 Å². The van der Waals surface area contributed by atoms with E-state index in [1.54, 1.807) is 264 Å². The fraction of sp³-hybridized carbons (Fsp3) is 0. The van der Waals surface area contributed by atoms with Crippen LogP contribution in [0.25, 0.3) is 0 Å². The Morgan fingerprint density at radius 3 is 0.429 bits per heavy atom. The third-order valence-corrected chi connectivity index (χ3v) is 127. The Morgan fingerprint density at radius 1 is 0.190 bits per heavy atom. The zero-order chi connectivity index (χ0) is 30.3. The first kappa shape index (κ1) is 55.0. The average Bonchev–Trinajstić information content (AvgIpc) is 3.00. The predicted molar refractivity (Wildman–Crippen MR) is 293 cm³/mol. The molecular formula is H2P42. The van der Waals surface area contributed by atoms with Gasteiger partial charge in [0.1, 0.15) is 0 Å². The summed E-state index contributed by atoms with van der Waals surface area (Å²) in [5.74, 6) is 0. The van der Waals surface area contributed by atoms with Crippen molar-refractivity contribution in [3.8, 4) is 0 Å². The third kappa shape index (κ3) is 53.0. The Hall–Kier alpha value is 13.0. The van der Waals surface area contributed by atoms with Crippen LogP contribution in [0.3, 0.4) is 0 Å². The van der Waals surface area contributed by atoms with Gasteiger partial charge in [0.2, 0.25) is 0 Å². The fourth-order valence-corrected chi connectivity index (χ4v) is 166. The van der Waals surface area contributed by atoms with E-state index in [1.165, 1.54) is 37.2 Å². The third-order valence-electron chi connectivity index (χ3n) is 1.57. The SMILES string of the molecule is P#P=PP=PP=PP=PP=PP=PP=PP=PP=PP=PP=PP=PP=PP=PP=PP=PP=PP=PP=PP=PP. The van der Waals surface area contributed by atoms with Crippen molar-refractivity contribution in [1.82, 2.24) is 0 Å². The van der Waals surface area contributed by atoms with Gasteiger partial charge in [-0.1, -0.05) is 8.93 Å². The summed E-state index contributed by atoms with van der Waals surface area (Å²) in [4.78, 5) is 0. The Bertz CT molecular complexity index is 1340. The van der Waals surface area contributed by atoms with Crippen LogP contribution in [0.1, 0.15) is 0 Å². The Balaban J connectivity index is 4.03. The standard InChI is InChI=1S/H2P42/c1-3-5-7-9-11-13-15-17-19-21-23-25-27-29-31-33-35-37-39-41-42-40-38-36-34-32-30-28-26-24-22-20-18-16-14-12-10-8-6-4-2/h1H2. The molecule has 0 heterocycles. The average molecular weight is 1300 g/mol. The minimum Gasteiger partial charge on any atom is -0.0774 e. The molecule has 42 heteroatoms. The summed E-state index contributed by atoms with van der Waals surface area (Å²) in [5.41, 5.74) is 0. The zero-order valence-corrected chi connectivity index (χ0v) is 56.7. The zero-order valence-electron chi connectivity index (χ0n) is 18.9. The van der Waals surface area contributed by atoms with Crippen molar-refractivity contribution >= 4 is 319 Å². The Morgan fingerprint density at radius 2 is 0.310 bits per heavy atom. The minimum absolute atomic E-state index is 1.21. The Kier molecular flexibility index (Phi) is 70.7. The molecule has 0 N–H and O–H groups in total. The van der Waals surface area contributed by atoms with Crippen molar-refractivity contribution in [1.29, 1.82) is 0 Å². The first-order chi connectivity index (χ1) is 20.9. The summed E-state index contributed by atoms with van der Waals surface area (Å²) < 4.78 is 0. The molecule has 42 heavy (non-hydrogen) atoms. The summed E-state index contributed by atoms with van der Waals surface area (Å²) in [6.45, 7) is 1.21. The molecular weight excluding hydrogens is 1300 g/mol. The normalized spacial score (nSPS) is 15.1. The molecule has 0 spiro atoms. The molecule has 0 aromatic carbocycles. The van der Waals surface area contributed by atoms with Crippen LogP contribution in [0.5, 0.6) is 0 Å². The van der Waals surface area contributed by atoms with E-state index in [2.05, 4.69) is 17.3 Å². The van der Waals surface area contributed by atoms with Gasteiger partial charge >= 0.3 is 106 Å². The van der Waals surface area contributed by atoms with Gasteiger partial charge in [0.05, 0.1) is 0 Å². The van der Waals surface area contributed by atoms with Crippen molar-refractivity contribution in [2.45, 2.75) is 0 Å². The first-order valence-corrected chi connectivity index (χ1v) is 74.3.